The largest absolute Gasteiger partial charge is 0.165 e. The van der Waals surface area contributed by atoms with E-state index in [1.807, 2.05) is 0 Å². The molecule has 0 radical (unpaired) electrons. The second kappa shape index (κ2) is 6.36. The fourth-order valence-electron chi connectivity index (χ4n) is 2.56. The van der Waals surface area contributed by atoms with Gasteiger partial charge in [0.25, 0.3) is 0 Å². The maximum atomic E-state index is 2.31. The van der Waals surface area contributed by atoms with Crippen LogP contribution < -0.4 is 0 Å². The van der Waals surface area contributed by atoms with E-state index < -0.39 is 0 Å². The van der Waals surface area contributed by atoms with Crippen LogP contribution in [0.5, 0.6) is 0 Å². The van der Waals surface area contributed by atoms with E-state index >= 15 is 0 Å². The third-order valence-corrected chi connectivity index (χ3v) is 25.9. The first-order chi connectivity index (χ1) is 11.1. The lowest BCUT2D eigenvalue weighted by Crippen LogP contribution is -2.50. The van der Waals surface area contributed by atoms with Gasteiger partial charge in [0.15, 0.2) is 11.0 Å². The molecule has 24 heavy (non-hydrogen) atoms. The van der Waals surface area contributed by atoms with Crippen LogP contribution in [0.25, 0.3) is 0 Å². The van der Waals surface area contributed by atoms with Gasteiger partial charge in [0.2, 0.25) is 0 Å². The molecule has 6 aliphatic heterocycles. The van der Waals surface area contributed by atoms with Crippen LogP contribution in [-0.4, -0.2) is 29.3 Å². The van der Waals surface area contributed by atoms with Crippen molar-refractivity contribution in [2.75, 3.05) is 10.2 Å². The first kappa shape index (κ1) is 20.1. The molecule has 0 amide bonds. The zero-order valence-corrected chi connectivity index (χ0v) is 23.1. The summed E-state index contributed by atoms with van der Waals surface area (Å²) >= 11 is 25.7. The molecule has 6 rings (SSSR count). The fourth-order valence-corrected chi connectivity index (χ4v) is 38.7. The Kier molecular flexibility index (Phi) is 5.33. The minimum absolute atomic E-state index is 0.469. The minimum atomic E-state index is 0.469. The molecular weight excluding hydrogens is 529 g/mol. The van der Waals surface area contributed by atoms with Crippen LogP contribution >= 0.6 is 141 Å². The molecule has 6 fully saturated rings. The third-order valence-electron chi connectivity index (χ3n) is 3.43. The Morgan fingerprint density at radius 2 is 0.708 bits per heavy atom. The van der Waals surface area contributed by atoms with Crippen molar-refractivity contribution in [1.29, 1.82) is 0 Å². The van der Waals surface area contributed by atoms with Crippen molar-refractivity contribution in [2.45, 2.75) is 46.8 Å². The summed E-state index contributed by atoms with van der Waals surface area (Å²) in [5.41, 5.74) is 0. The summed E-state index contributed by atoms with van der Waals surface area (Å²) in [5.74, 6) is 0. The van der Waals surface area contributed by atoms with Crippen molar-refractivity contribution < 1.29 is 0 Å². The van der Waals surface area contributed by atoms with Crippen LogP contribution in [-0.2, 0) is 0 Å². The van der Waals surface area contributed by atoms with Gasteiger partial charge in [-0.1, -0.05) is 47.0 Å². The first-order valence-corrected chi connectivity index (χ1v) is 17.7. The Labute approximate surface area is 195 Å². The standard InChI is InChI=1S/C7H12S4.C5H4S8/c1-5(2)8-7(9-5)10-6(3,4)11-7;1-6-3(7-1)10-5(11-3)12-4(13-5)8-2-9-4/h1-4H3;1-2H2. The molecule has 0 atom stereocenters. The molecule has 136 valence electrons. The van der Waals surface area contributed by atoms with Gasteiger partial charge >= 0.3 is 0 Å². The molecule has 0 aliphatic carbocycles. The lowest BCUT2D eigenvalue weighted by molar-refractivity contribution is 0.970. The Morgan fingerprint density at radius 1 is 0.417 bits per heavy atom. The summed E-state index contributed by atoms with van der Waals surface area (Å²) in [7, 11) is 0. The Bertz CT molecular complexity index is 475. The highest BCUT2D eigenvalue weighted by Gasteiger charge is 2.73. The molecule has 12 heteroatoms. The lowest BCUT2D eigenvalue weighted by atomic mass is 10.5. The summed E-state index contributed by atoms with van der Waals surface area (Å²) in [6.45, 7) is 9.22. The quantitative estimate of drug-likeness (QED) is 0.286. The maximum Gasteiger partial charge on any atom is 0.165 e. The average molecular weight is 545 g/mol. The summed E-state index contributed by atoms with van der Waals surface area (Å²) in [6.07, 6.45) is 0. The molecule has 0 saturated carbocycles. The van der Waals surface area contributed by atoms with Crippen molar-refractivity contribution in [3.8, 4) is 0 Å². The van der Waals surface area contributed by atoms with Crippen LogP contribution in [0.2, 0.25) is 0 Å². The Hall–Kier alpha value is 4.20. The third kappa shape index (κ3) is 3.58. The number of thioether (sulfide) groups is 12. The van der Waals surface area contributed by atoms with Crippen molar-refractivity contribution >= 4 is 141 Å². The van der Waals surface area contributed by atoms with E-state index in [0.29, 0.717) is 19.1 Å². The summed E-state index contributed by atoms with van der Waals surface area (Å²) in [6, 6.07) is 0. The molecule has 0 aromatic heterocycles. The van der Waals surface area contributed by atoms with Crippen LogP contribution in [0.4, 0.5) is 0 Å². The molecule has 6 heterocycles. The number of hydrogen-bond donors (Lipinski definition) is 0. The minimum Gasteiger partial charge on any atom is -0.111 e. The molecule has 0 aromatic carbocycles. The second-order valence-corrected chi connectivity index (χ2v) is 31.7. The van der Waals surface area contributed by atoms with Crippen molar-refractivity contribution in [3.05, 3.63) is 0 Å². The molecule has 6 saturated heterocycles. The van der Waals surface area contributed by atoms with Crippen LogP contribution in [0.1, 0.15) is 27.7 Å². The molecular formula is C12H16S12. The molecule has 0 unspecified atom stereocenters. The van der Waals surface area contributed by atoms with Gasteiger partial charge in [-0.3, -0.25) is 0 Å². The van der Waals surface area contributed by atoms with Gasteiger partial charge in [-0.15, -0.1) is 94.1 Å². The van der Waals surface area contributed by atoms with E-state index in [-0.39, 0.29) is 0 Å². The van der Waals surface area contributed by atoms with Gasteiger partial charge in [0.1, 0.15) is 0 Å². The van der Waals surface area contributed by atoms with E-state index in [0.717, 1.165) is 0 Å². The molecule has 6 aliphatic rings. The van der Waals surface area contributed by atoms with Crippen molar-refractivity contribution in [3.63, 3.8) is 0 Å². The highest BCUT2D eigenvalue weighted by molar-refractivity contribution is 8.80. The normalized spacial score (nSPS) is 38.5. The van der Waals surface area contributed by atoms with E-state index in [1.54, 1.807) is 0 Å². The van der Waals surface area contributed by atoms with E-state index in [2.05, 4.69) is 169 Å². The summed E-state index contributed by atoms with van der Waals surface area (Å²) in [5, 5.41) is 2.61. The van der Waals surface area contributed by atoms with Crippen LogP contribution in [0, 0.1) is 0 Å². The molecule has 0 nitrogen and oxygen atoms in total. The first-order valence-electron chi connectivity index (χ1n) is 7.24. The number of rotatable bonds is 0. The molecule has 0 N–H and O–H groups in total. The highest BCUT2D eigenvalue weighted by atomic mass is 32.4. The van der Waals surface area contributed by atoms with Crippen LogP contribution in [0.3, 0.4) is 0 Å². The monoisotopic (exact) mass is 544 g/mol. The highest BCUT2D eigenvalue weighted by Crippen LogP contribution is 2.95. The predicted octanol–water partition coefficient (Wildman–Crippen LogP) is 8.69. The van der Waals surface area contributed by atoms with E-state index in [1.165, 1.54) is 10.2 Å². The predicted molar refractivity (Wildman–Crippen MR) is 140 cm³/mol. The van der Waals surface area contributed by atoms with Gasteiger partial charge < -0.3 is 0 Å². The van der Waals surface area contributed by atoms with Crippen LogP contribution in [0.15, 0.2) is 0 Å². The SMILES string of the molecule is C1SC2(S1)SC1(S2)SC2(SCS2)S1.CC1(C)SC2(S1)SC(C)(C)S2. The molecule has 0 aromatic rings. The van der Waals surface area contributed by atoms with Gasteiger partial charge in [-0.05, 0) is 27.7 Å². The Balaban J connectivity index is 0.000000111. The molecule has 4 spiro atoms. The van der Waals surface area contributed by atoms with E-state index in [4.69, 9.17) is 0 Å². The fraction of sp³-hybridized carbons (Fsp3) is 1.00. The zero-order chi connectivity index (χ0) is 16.9. The zero-order valence-electron chi connectivity index (χ0n) is 13.3. The number of hydrogen-bond acceptors (Lipinski definition) is 12. The smallest absolute Gasteiger partial charge is 0.111 e. The van der Waals surface area contributed by atoms with Gasteiger partial charge in [0.05, 0.1) is 8.16 Å². The topological polar surface area (TPSA) is 0 Å². The Morgan fingerprint density at radius 3 is 0.917 bits per heavy atom. The summed E-state index contributed by atoms with van der Waals surface area (Å²) in [4.78, 5) is 0. The average Bonchev–Trinajstić information content (AvgIpc) is 2.16. The van der Waals surface area contributed by atoms with Crippen molar-refractivity contribution in [2.24, 2.45) is 0 Å². The van der Waals surface area contributed by atoms with Gasteiger partial charge in [-0.2, -0.15) is 0 Å². The van der Waals surface area contributed by atoms with Crippen molar-refractivity contribution in [1.82, 2.24) is 0 Å². The second-order valence-electron chi connectivity index (χ2n) is 6.43. The lowest BCUT2D eigenvalue weighted by Gasteiger charge is -2.66. The summed E-state index contributed by atoms with van der Waals surface area (Å²) < 4.78 is 2.97. The van der Waals surface area contributed by atoms with Gasteiger partial charge in [0, 0.05) is 10.2 Å². The maximum absolute atomic E-state index is 2.31. The van der Waals surface area contributed by atoms with E-state index in [9.17, 15) is 0 Å². The molecule has 0 bridgehead atoms. The van der Waals surface area contributed by atoms with Gasteiger partial charge in [-0.25, -0.2) is 0 Å².